The minimum Gasteiger partial charge on any atom is -0.359 e. The zero-order valence-electron chi connectivity index (χ0n) is 14.6. The quantitative estimate of drug-likeness (QED) is 0.239. The molecule has 1 aliphatic carbocycles. The van der Waals surface area contributed by atoms with Crippen LogP contribution in [-0.2, 0) is 9.59 Å². The molecule has 8 heteroatoms. The number of nitrogens with one attached hydrogen (secondary N) is 3. The molecule has 1 saturated carbocycles. The third-order valence-electron chi connectivity index (χ3n) is 4.53. The Balaban J connectivity index is 0.00000288. The van der Waals surface area contributed by atoms with Crippen LogP contribution in [0.5, 0.6) is 0 Å². The molecule has 0 atom stereocenters. The lowest BCUT2D eigenvalue weighted by Crippen LogP contribution is -2.47. The van der Waals surface area contributed by atoms with Crippen molar-refractivity contribution in [1.82, 2.24) is 20.9 Å². The number of guanidine groups is 1. The monoisotopic (exact) mass is 451 g/mol. The zero-order valence-corrected chi connectivity index (χ0v) is 17.0. The summed E-state index contributed by atoms with van der Waals surface area (Å²) in [6.07, 6.45) is 4.69. The predicted octanol–water partition coefficient (Wildman–Crippen LogP) is 0.554. The number of piperidine rings is 1. The SMILES string of the molecule is CN=C(NCCNC(=O)C1CC1)N1CCC(CC(=O)NC)CC1.I. The van der Waals surface area contributed by atoms with E-state index in [1.807, 2.05) is 0 Å². The first-order chi connectivity index (χ1) is 11.1. The average Bonchev–Trinajstić information content (AvgIpc) is 3.40. The van der Waals surface area contributed by atoms with Crippen LogP contribution in [0.4, 0.5) is 0 Å². The first-order valence-electron chi connectivity index (χ1n) is 8.58. The summed E-state index contributed by atoms with van der Waals surface area (Å²) in [5.41, 5.74) is 0. The summed E-state index contributed by atoms with van der Waals surface area (Å²) in [5, 5.41) is 8.94. The Kier molecular flexibility index (Phi) is 9.38. The number of carbonyl (C=O) groups excluding carboxylic acids is 2. The third-order valence-corrected chi connectivity index (χ3v) is 4.53. The molecule has 24 heavy (non-hydrogen) atoms. The van der Waals surface area contributed by atoms with Crippen LogP contribution in [0.2, 0.25) is 0 Å². The van der Waals surface area contributed by atoms with Crippen molar-refractivity contribution in [2.24, 2.45) is 16.8 Å². The highest BCUT2D eigenvalue weighted by molar-refractivity contribution is 14.0. The van der Waals surface area contributed by atoms with Gasteiger partial charge in [-0.05, 0) is 31.6 Å². The summed E-state index contributed by atoms with van der Waals surface area (Å²) >= 11 is 0. The Morgan fingerprint density at radius 3 is 2.25 bits per heavy atom. The number of aliphatic imine (C=N–C) groups is 1. The largest absolute Gasteiger partial charge is 0.359 e. The maximum Gasteiger partial charge on any atom is 0.223 e. The van der Waals surface area contributed by atoms with Gasteiger partial charge < -0.3 is 20.9 Å². The maximum atomic E-state index is 11.6. The molecule has 2 rings (SSSR count). The minimum atomic E-state index is 0. The van der Waals surface area contributed by atoms with E-state index in [1.54, 1.807) is 14.1 Å². The van der Waals surface area contributed by atoms with Crippen LogP contribution in [0.3, 0.4) is 0 Å². The van der Waals surface area contributed by atoms with Gasteiger partial charge in [0.15, 0.2) is 5.96 Å². The van der Waals surface area contributed by atoms with Crippen molar-refractivity contribution in [3.8, 4) is 0 Å². The van der Waals surface area contributed by atoms with E-state index in [2.05, 4.69) is 25.8 Å². The van der Waals surface area contributed by atoms with E-state index in [0.717, 1.165) is 44.7 Å². The normalized spacial score (nSPS) is 18.6. The highest BCUT2D eigenvalue weighted by Crippen LogP contribution is 2.28. The molecule has 2 fully saturated rings. The van der Waals surface area contributed by atoms with Crippen LogP contribution in [0.1, 0.15) is 32.1 Å². The topological polar surface area (TPSA) is 85.8 Å². The van der Waals surface area contributed by atoms with Crippen molar-refractivity contribution in [2.45, 2.75) is 32.1 Å². The highest BCUT2D eigenvalue weighted by Gasteiger charge is 2.29. The minimum absolute atomic E-state index is 0. The van der Waals surface area contributed by atoms with Gasteiger partial charge in [-0.15, -0.1) is 24.0 Å². The van der Waals surface area contributed by atoms with Crippen LogP contribution in [0.25, 0.3) is 0 Å². The number of nitrogens with zero attached hydrogens (tertiary/aromatic N) is 2. The second kappa shape index (κ2) is 10.7. The van der Waals surface area contributed by atoms with Gasteiger partial charge in [-0.2, -0.15) is 0 Å². The van der Waals surface area contributed by atoms with E-state index in [4.69, 9.17) is 0 Å². The Bertz CT molecular complexity index is 446. The van der Waals surface area contributed by atoms with Crippen molar-refractivity contribution < 1.29 is 9.59 Å². The zero-order chi connectivity index (χ0) is 16.7. The van der Waals surface area contributed by atoms with Gasteiger partial charge in [0, 0.05) is 52.6 Å². The molecule has 2 aliphatic rings. The molecule has 3 N–H and O–H groups in total. The lowest BCUT2D eigenvalue weighted by Gasteiger charge is -2.34. The number of hydrogen-bond donors (Lipinski definition) is 3. The van der Waals surface area contributed by atoms with Gasteiger partial charge in [0.25, 0.3) is 0 Å². The summed E-state index contributed by atoms with van der Waals surface area (Å²) in [5.74, 6) is 1.90. The predicted molar refractivity (Wildman–Crippen MR) is 105 cm³/mol. The Morgan fingerprint density at radius 1 is 1.08 bits per heavy atom. The summed E-state index contributed by atoms with van der Waals surface area (Å²) in [6, 6.07) is 0. The number of halogens is 1. The number of hydrogen-bond acceptors (Lipinski definition) is 3. The average molecular weight is 451 g/mol. The fourth-order valence-corrected chi connectivity index (χ4v) is 2.90. The van der Waals surface area contributed by atoms with Crippen molar-refractivity contribution in [3.63, 3.8) is 0 Å². The van der Waals surface area contributed by atoms with E-state index in [9.17, 15) is 9.59 Å². The lowest BCUT2D eigenvalue weighted by atomic mass is 9.93. The van der Waals surface area contributed by atoms with Crippen LogP contribution < -0.4 is 16.0 Å². The standard InChI is InChI=1S/C16H29N5O2.HI/c1-17-14(22)11-12-5-9-21(10-6-12)16(18-2)20-8-7-19-15(23)13-3-4-13;/h12-13H,3-11H2,1-2H3,(H,17,22)(H,18,20)(H,19,23);1H. The van der Waals surface area contributed by atoms with Gasteiger partial charge in [-0.25, -0.2) is 0 Å². The van der Waals surface area contributed by atoms with Crippen molar-refractivity contribution in [2.75, 3.05) is 40.3 Å². The molecule has 1 heterocycles. The Hall–Kier alpha value is -1.06. The van der Waals surface area contributed by atoms with Gasteiger partial charge in [-0.3, -0.25) is 14.6 Å². The number of carbonyl (C=O) groups is 2. The number of rotatable bonds is 6. The molecule has 0 bridgehead atoms. The van der Waals surface area contributed by atoms with E-state index < -0.39 is 0 Å². The van der Waals surface area contributed by atoms with E-state index in [1.165, 1.54) is 0 Å². The second-order valence-electron chi connectivity index (χ2n) is 6.35. The fraction of sp³-hybridized carbons (Fsp3) is 0.812. The molecule has 0 aromatic rings. The molecule has 0 radical (unpaired) electrons. The van der Waals surface area contributed by atoms with E-state index in [0.29, 0.717) is 25.4 Å². The molecule has 1 saturated heterocycles. The molecule has 1 aliphatic heterocycles. The molecule has 0 unspecified atom stereocenters. The molecule has 0 aromatic carbocycles. The Morgan fingerprint density at radius 2 is 1.71 bits per heavy atom. The molecule has 0 aromatic heterocycles. The number of likely N-dealkylation sites (tertiary alicyclic amines) is 1. The van der Waals surface area contributed by atoms with Crippen LogP contribution in [-0.4, -0.2) is 62.9 Å². The molecule has 138 valence electrons. The fourth-order valence-electron chi connectivity index (χ4n) is 2.90. The van der Waals surface area contributed by atoms with Crippen molar-refractivity contribution >= 4 is 41.8 Å². The summed E-state index contributed by atoms with van der Waals surface area (Å²) in [6.45, 7) is 3.14. The Labute approximate surface area is 161 Å². The van der Waals surface area contributed by atoms with Crippen molar-refractivity contribution in [3.05, 3.63) is 0 Å². The van der Waals surface area contributed by atoms with Gasteiger partial charge in [0.1, 0.15) is 0 Å². The molecule has 2 amide bonds. The van der Waals surface area contributed by atoms with Gasteiger partial charge in [0.2, 0.25) is 11.8 Å². The van der Waals surface area contributed by atoms with Crippen LogP contribution in [0.15, 0.2) is 4.99 Å². The molecule has 0 spiro atoms. The summed E-state index contributed by atoms with van der Waals surface area (Å²) < 4.78 is 0. The van der Waals surface area contributed by atoms with Crippen LogP contribution in [0, 0.1) is 11.8 Å². The first kappa shape index (κ1) is 21.0. The van der Waals surface area contributed by atoms with E-state index in [-0.39, 0.29) is 41.7 Å². The van der Waals surface area contributed by atoms with Crippen LogP contribution >= 0.6 is 24.0 Å². The van der Waals surface area contributed by atoms with Crippen molar-refractivity contribution in [1.29, 1.82) is 0 Å². The third kappa shape index (κ3) is 6.82. The van der Waals surface area contributed by atoms with Gasteiger partial charge >= 0.3 is 0 Å². The smallest absolute Gasteiger partial charge is 0.223 e. The lowest BCUT2D eigenvalue weighted by molar-refractivity contribution is -0.122. The highest BCUT2D eigenvalue weighted by atomic mass is 127. The first-order valence-corrected chi connectivity index (χ1v) is 8.58. The maximum absolute atomic E-state index is 11.6. The van der Waals surface area contributed by atoms with Gasteiger partial charge in [0.05, 0.1) is 0 Å². The molecular formula is C16H30IN5O2. The summed E-state index contributed by atoms with van der Waals surface area (Å²) in [4.78, 5) is 29.5. The number of amides is 2. The molecular weight excluding hydrogens is 421 g/mol. The van der Waals surface area contributed by atoms with E-state index >= 15 is 0 Å². The summed E-state index contributed by atoms with van der Waals surface area (Å²) in [7, 11) is 3.47. The second-order valence-corrected chi connectivity index (χ2v) is 6.35. The molecule has 7 nitrogen and oxygen atoms in total. The van der Waals surface area contributed by atoms with Gasteiger partial charge in [-0.1, -0.05) is 0 Å².